The van der Waals surface area contributed by atoms with Crippen molar-refractivity contribution in [2.75, 3.05) is 13.2 Å². The third-order valence-electron chi connectivity index (χ3n) is 4.61. The van der Waals surface area contributed by atoms with Gasteiger partial charge in [0.2, 0.25) is 5.91 Å². The Labute approximate surface area is 137 Å². The molecule has 1 amide bonds. The average molecular weight is 319 g/mol. The second-order valence-corrected chi connectivity index (χ2v) is 6.32. The molecule has 5 nitrogen and oxygen atoms in total. The molecule has 1 aliphatic heterocycles. The summed E-state index contributed by atoms with van der Waals surface area (Å²) in [6.45, 7) is 5.00. The van der Waals surface area contributed by atoms with Crippen LogP contribution in [0.5, 0.6) is 0 Å². The number of amides is 1. The summed E-state index contributed by atoms with van der Waals surface area (Å²) in [5.41, 5.74) is 1.56. The van der Waals surface area contributed by atoms with Gasteiger partial charge in [0.05, 0.1) is 5.41 Å². The molecule has 0 aromatic heterocycles. The van der Waals surface area contributed by atoms with E-state index in [0.29, 0.717) is 32.5 Å². The molecule has 0 radical (unpaired) electrons. The molecule has 1 saturated heterocycles. The van der Waals surface area contributed by atoms with Gasteiger partial charge in [-0.25, -0.2) is 0 Å². The molecule has 0 saturated carbocycles. The van der Waals surface area contributed by atoms with E-state index in [4.69, 9.17) is 9.84 Å². The molecule has 1 aromatic rings. The van der Waals surface area contributed by atoms with Crippen molar-refractivity contribution in [1.29, 1.82) is 0 Å². The molecular formula is C18H25NO4. The molecule has 1 atom stereocenters. The Hall–Kier alpha value is -1.88. The van der Waals surface area contributed by atoms with Crippen molar-refractivity contribution >= 4 is 11.9 Å². The SMILES string of the molecule is Cc1ccccc1C1(C(=O)NC(C)CCC(=O)O)CCOCC1. The molecule has 1 heterocycles. The van der Waals surface area contributed by atoms with E-state index >= 15 is 0 Å². The van der Waals surface area contributed by atoms with Crippen molar-refractivity contribution in [2.45, 2.75) is 51.0 Å². The quantitative estimate of drug-likeness (QED) is 0.844. The van der Waals surface area contributed by atoms with Gasteiger partial charge in [-0.05, 0) is 44.2 Å². The van der Waals surface area contributed by atoms with Gasteiger partial charge in [-0.15, -0.1) is 0 Å². The topological polar surface area (TPSA) is 75.6 Å². The lowest BCUT2D eigenvalue weighted by Gasteiger charge is -2.38. The highest BCUT2D eigenvalue weighted by molar-refractivity contribution is 5.89. The normalized spacial score (nSPS) is 18.2. The van der Waals surface area contributed by atoms with Crippen LogP contribution in [0.15, 0.2) is 24.3 Å². The van der Waals surface area contributed by atoms with E-state index in [-0.39, 0.29) is 18.4 Å². The number of rotatable bonds is 6. The monoisotopic (exact) mass is 319 g/mol. The van der Waals surface area contributed by atoms with Gasteiger partial charge in [0.15, 0.2) is 0 Å². The highest BCUT2D eigenvalue weighted by atomic mass is 16.5. The summed E-state index contributed by atoms with van der Waals surface area (Å²) < 4.78 is 5.46. The summed E-state index contributed by atoms with van der Waals surface area (Å²) in [5, 5.41) is 11.8. The number of benzene rings is 1. The number of carbonyl (C=O) groups excluding carboxylic acids is 1. The molecule has 1 unspecified atom stereocenters. The highest BCUT2D eigenvalue weighted by Gasteiger charge is 2.42. The Kier molecular flexibility index (Phi) is 5.77. The predicted molar refractivity (Wildman–Crippen MR) is 87.4 cm³/mol. The Bertz CT molecular complexity index is 564. The fourth-order valence-electron chi connectivity index (χ4n) is 3.22. The van der Waals surface area contributed by atoms with Gasteiger partial charge >= 0.3 is 5.97 Å². The number of nitrogens with one attached hydrogen (secondary N) is 1. The molecule has 0 aliphatic carbocycles. The third kappa shape index (κ3) is 4.10. The van der Waals surface area contributed by atoms with Crippen molar-refractivity contribution in [1.82, 2.24) is 5.32 Å². The predicted octanol–water partition coefficient (Wildman–Crippen LogP) is 2.41. The van der Waals surface area contributed by atoms with E-state index in [1.165, 1.54) is 0 Å². The van der Waals surface area contributed by atoms with E-state index in [2.05, 4.69) is 5.32 Å². The first-order chi connectivity index (χ1) is 11.0. The molecular weight excluding hydrogens is 294 g/mol. The van der Waals surface area contributed by atoms with E-state index in [9.17, 15) is 9.59 Å². The summed E-state index contributed by atoms with van der Waals surface area (Å²) in [4.78, 5) is 23.7. The maximum Gasteiger partial charge on any atom is 0.303 e. The first-order valence-corrected chi connectivity index (χ1v) is 8.12. The molecule has 5 heteroatoms. The van der Waals surface area contributed by atoms with Crippen LogP contribution in [0.3, 0.4) is 0 Å². The van der Waals surface area contributed by atoms with Gasteiger partial charge in [-0.2, -0.15) is 0 Å². The Morgan fingerprint density at radius 3 is 2.57 bits per heavy atom. The van der Waals surface area contributed by atoms with Crippen LogP contribution in [0.4, 0.5) is 0 Å². The van der Waals surface area contributed by atoms with Gasteiger partial charge in [0.25, 0.3) is 0 Å². The fraction of sp³-hybridized carbons (Fsp3) is 0.556. The Balaban J connectivity index is 2.20. The number of aliphatic carboxylic acids is 1. The van der Waals surface area contributed by atoms with Crippen LogP contribution >= 0.6 is 0 Å². The van der Waals surface area contributed by atoms with E-state index in [1.54, 1.807) is 0 Å². The van der Waals surface area contributed by atoms with Crippen LogP contribution in [-0.2, 0) is 19.7 Å². The van der Waals surface area contributed by atoms with Crippen molar-refractivity contribution in [3.05, 3.63) is 35.4 Å². The van der Waals surface area contributed by atoms with Crippen LogP contribution < -0.4 is 5.32 Å². The first kappa shape index (κ1) is 17.5. The van der Waals surface area contributed by atoms with E-state index in [1.807, 2.05) is 38.1 Å². The van der Waals surface area contributed by atoms with Crippen LogP contribution in [-0.4, -0.2) is 36.2 Å². The number of carboxylic acid groups (broad SMARTS) is 1. The second-order valence-electron chi connectivity index (χ2n) is 6.32. The maximum absolute atomic E-state index is 13.0. The summed E-state index contributed by atoms with van der Waals surface area (Å²) in [7, 11) is 0. The smallest absolute Gasteiger partial charge is 0.303 e. The van der Waals surface area contributed by atoms with Crippen molar-refractivity contribution in [2.24, 2.45) is 0 Å². The molecule has 0 spiro atoms. The number of hydrogen-bond acceptors (Lipinski definition) is 3. The average Bonchev–Trinajstić information content (AvgIpc) is 2.54. The largest absolute Gasteiger partial charge is 0.481 e. The Morgan fingerprint density at radius 1 is 1.30 bits per heavy atom. The van der Waals surface area contributed by atoms with Crippen molar-refractivity contribution in [3.8, 4) is 0 Å². The lowest BCUT2D eigenvalue weighted by atomic mass is 9.71. The van der Waals surface area contributed by atoms with Gasteiger partial charge in [0.1, 0.15) is 0 Å². The number of hydrogen-bond donors (Lipinski definition) is 2. The van der Waals surface area contributed by atoms with E-state index < -0.39 is 11.4 Å². The van der Waals surface area contributed by atoms with Crippen LogP contribution in [0, 0.1) is 6.92 Å². The van der Waals surface area contributed by atoms with Crippen LogP contribution in [0.1, 0.15) is 43.7 Å². The van der Waals surface area contributed by atoms with Gasteiger partial charge < -0.3 is 15.2 Å². The standard InChI is InChI=1S/C18H25NO4/c1-13-5-3-4-6-15(13)18(9-11-23-12-10-18)17(22)19-14(2)7-8-16(20)21/h3-6,14H,7-12H2,1-2H3,(H,19,22)(H,20,21). The molecule has 1 aliphatic rings. The third-order valence-corrected chi connectivity index (χ3v) is 4.61. The van der Waals surface area contributed by atoms with Crippen molar-refractivity contribution < 1.29 is 19.4 Å². The minimum absolute atomic E-state index is 0.0204. The van der Waals surface area contributed by atoms with Crippen LogP contribution in [0.2, 0.25) is 0 Å². The minimum atomic E-state index is -0.842. The number of carbonyl (C=O) groups is 2. The van der Waals surface area contributed by atoms with E-state index in [0.717, 1.165) is 11.1 Å². The summed E-state index contributed by atoms with van der Waals surface area (Å²) >= 11 is 0. The zero-order valence-electron chi connectivity index (χ0n) is 13.8. The molecule has 0 bridgehead atoms. The molecule has 1 aromatic carbocycles. The maximum atomic E-state index is 13.0. The number of aryl methyl sites for hydroxylation is 1. The summed E-state index contributed by atoms with van der Waals surface area (Å²) in [6.07, 6.45) is 1.79. The van der Waals surface area contributed by atoms with Gasteiger partial charge in [-0.3, -0.25) is 9.59 Å². The number of carboxylic acids is 1. The first-order valence-electron chi connectivity index (χ1n) is 8.12. The lowest BCUT2D eigenvalue weighted by Crippen LogP contribution is -2.50. The highest BCUT2D eigenvalue weighted by Crippen LogP contribution is 2.37. The molecule has 126 valence electrons. The van der Waals surface area contributed by atoms with Crippen LogP contribution in [0.25, 0.3) is 0 Å². The fourth-order valence-corrected chi connectivity index (χ4v) is 3.22. The summed E-state index contributed by atoms with van der Waals surface area (Å²) in [6, 6.07) is 7.80. The van der Waals surface area contributed by atoms with Gasteiger partial charge in [-0.1, -0.05) is 24.3 Å². The Morgan fingerprint density at radius 2 is 1.96 bits per heavy atom. The summed E-state index contributed by atoms with van der Waals surface area (Å²) in [5.74, 6) is -0.862. The molecule has 2 rings (SSSR count). The molecule has 2 N–H and O–H groups in total. The minimum Gasteiger partial charge on any atom is -0.481 e. The van der Waals surface area contributed by atoms with Crippen molar-refractivity contribution in [3.63, 3.8) is 0 Å². The zero-order valence-corrected chi connectivity index (χ0v) is 13.8. The lowest BCUT2D eigenvalue weighted by molar-refractivity contribution is -0.138. The zero-order chi connectivity index (χ0) is 16.9. The number of ether oxygens (including phenoxy) is 1. The van der Waals surface area contributed by atoms with Gasteiger partial charge in [0, 0.05) is 25.7 Å². The molecule has 1 fully saturated rings. The molecule has 23 heavy (non-hydrogen) atoms. The second kappa shape index (κ2) is 7.59.